The number of rotatable bonds is 7. The van der Waals surface area contributed by atoms with Gasteiger partial charge < -0.3 is 24.8 Å². The van der Waals surface area contributed by atoms with E-state index in [4.69, 9.17) is 14.2 Å². The van der Waals surface area contributed by atoms with Crippen molar-refractivity contribution in [3.05, 3.63) is 125 Å². The Morgan fingerprint density at radius 2 is 1.45 bits per heavy atom. The van der Waals surface area contributed by atoms with Gasteiger partial charge in [-0.2, -0.15) is 0 Å². The summed E-state index contributed by atoms with van der Waals surface area (Å²) in [4.78, 5) is 13.9. The van der Waals surface area contributed by atoms with Crippen LogP contribution in [-0.2, 0) is 11.4 Å². The van der Waals surface area contributed by atoms with Gasteiger partial charge in [-0.3, -0.25) is 4.79 Å². The van der Waals surface area contributed by atoms with Crippen LogP contribution >= 0.6 is 0 Å². The van der Waals surface area contributed by atoms with Gasteiger partial charge in [0, 0.05) is 17.7 Å². The number of benzene rings is 4. The van der Waals surface area contributed by atoms with Gasteiger partial charge in [-0.05, 0) is 65.4 Å². The van der Waals surface area contributed by atoms with Crippen LogP contribution in [0.1, 0.15) is 41.5 Å². The first-order chi connectivity index (χ1) is 19.6. The Hall–Kier alpha value is -4.71. The van der Waals surface area contributed by atoms with Crippen molar-refractivity contribution in [2.75, 3.05) is 24.9 Å². The molecule has 0 spiro atoms. The number of allylic oxidation sites excluding steroid dienone is 1. The number of carbonyl (C=O) groups excluding carboxylic acids is 1. The van der Waals surface area contributed by atoms with Crippen LogP contribution in [-0.4, -0.2) is 20.0 Å². The first kappa shape index (κ1) is 25.6. The largest absolute Gasteiger partial charge is 0.493 e. The number of hydrogen-bond acceptors (Lipinski definition) is 6. The van der Waals surface area contributed by atoms with E-state index in [1.165, 1.54) is 0 Å². The highest BCUT2D eigenvalue weighted by Gasteiger charge is 2.36. The smallest absolute Gasteiger partial charge is 0.163 e. The summed E-state index contributed by atoms with van der Waals surface area (Å²) in [5.41, 5.74) is 6.83. The Labute approximate surface area is 234 Å². The lowest BCUT2D eigenvalue weighted by molar-refractivity contribution is -0.116. The van der Waals surface area contributed by atoms with Crippen LogP contribution in [0, 0.1) is 0 Å². The maximum Gasteiger partial charge on any atom is 0.163 e. The van der Waals surface area contributed by atoms with Gasteiger partial charge in [0.1, 0.15) is 12.4 Å². The minimum absolute atomic E-state index is 0.0261. The summed E-state index contributed by atoms with van der Waals surface area (Å²) in [6.07, 6.45) is 1.13. The molecule has 1 aliphatic carbocycles. The van der Waals surface area contributed by atoms with E-state index < -0.39 is 0 Å². The molecule has 6 rings (SSSR count). The second-order valence-electron chi connectivity index (χ2n) is 10.1. The first-order valence-electron chi connectivity index (χ1n) is 13.5. The molecule has 2 aliphatic rings. The number of Topliss-reactive ketones (excluding diaryl/α,β-unsaturated/α-hetero) is 1. The van der Waals surface area contributed by atoms with E-state index >= 15 is 0 Å². The molecule has 2 N–H and O–H groups in total. The van der Waals surface area contributed by atoms with E-state index in [-0.39, 0.29) is 17.7 Å². The highest BCUT2D eigenvalue weighted by molar-refractivity contribution is 6.01. The van der Waals surface area contributed by atoms with Crippen LogP contribution in [0.2, 0.25) is 0 Å². The fraction of sp³-hybridized carbons (Fsp3) is 0.206. The minimum atomic E-state index is -0.284. The number of para-hydroxylation sites is 2. The van der Waals surface area contributed by atoms with Crippen molar-refractivity contribution in [2.45, 2.75) is 31.4 Å². The summed E-state index contributed by atoms with van der Waals surface area (Å²) in [7, 11) is 3.26. The monoisotopic (exact) mass is 532 g/mol. The molecular formula is C34H32N2O4. The third-order valence-corrected chi connectivity index (χ3v) is 7.65. The van der Waals surface area contributed by atoms with Crippen LogP contribution < -0.4 is 24.8 Å². The number of methoxy groups -OCH3 is 2. The molecule has 0 aromatic heterocycles. The van der Waals surface area contributed by atoms with Crippen LogP contribution in [0.5, 0.6) is 17.2 Å². The zero-order chi connectivity index (χ0) is 27.5. The topological polar surface area (TPSA) is 68.8 Å². The molecule has 0 amide bonds. The van der Waals surface area contributed by atoms with E-state index in [9.17, 15) is 4.79 Å². The Kier molecular flexibility index (Phi) is 7.15. The molecule has 0 fully saturated rings. The normalized spacial score (nSPS) is 18.0. The third kappa shape index (κ3) is 5.13. The van der Waals surface area contributed by atoms with Crippen LogP contribution in [0.25, 0.3) is 0 Å². The zero-order valence-corrected chi connectivity index (χ0v) is 22.6. The molecule has 40 heavy (non-hydrogen) atoms. The highest BCUT2D eigenvalue weighted by atomic mass is 16.5. The Morgan fingerprint density at radius 3 is 2.20 bits per heavy atom. The predicted molar refractivity (Wildman–Crippen MR) is 157 cm³/mol. The maximum absolute atomic E-state index is 13.9. The lowest BCUT2D eigenvalue weighted by atomic mass is 9.78. The van der Waals surface area contributed by atoms with Crippen molar-refractivity contribution in [3.63, 3.8) is 0 Å². The Bertz CT molecular complexity index is 1550. The highest BCUT2D eigenvalue weighted by Crippen LogP contribution is 2.45. The van der Waals surface area contributed by atoms with E-state index in [0.717, 1.165) is 45.1 Å². The van der Waals surface area contributed by atoms with E-state index in [2.05, 4.69) is 10.6 Å². The Morgan fingerprint density at radius 1 is 0.750 bits per heavy atom. The lowest BCUT2D eigenvalue weighted by Crippen LogP contribution is -2.26. The van der Waals surface area contributed by atoms with Crippen LogP contribution in [0.4, 0.5) is 11.4 Å². The van der Waals surface area contributed by atoms with Gasteiger partial charge in [0.15, 0.2) is 17.3 Å². The lowest BCUT2D eigenvalue weighted by Gasteiger charge is -2.30. The number of fused-ring (bicyclic) bond motifs is 1. The molecule has 202 valence electrons. The number of carbonyl (C=O) groups is 1. The van der Waals surface area contributed by atoms with Gasteiger partial charge in [-0.1, -0.05) is 60.7 Å². The van der Waals surface area contributed by atoms with Gasteiger partial charge in [-0.25, -0.2) is 0 Å². The minimum Gasteiger partial charge on any atom is -0.493 e. The summed E-state index contributed by atoms with van der Waals surface area (Å²) in [5.74, 6) is 2.29. The van der Waals surface area contributed by atoms with Gasteiger partial charge in [0.2, 0.25) is 0 Å². The molecule has 0 bridgehead atoms. The van der Waals surface area contributed by atoms with Crippen molar-refractivity contribution >= 4 is 17.2 Å². The molecule has 4 aromatic carbocycles. The maximum atomic E-state index is 13.9. The fourth-order valence-electron chi connectivity index (χ4n) is 5.58. The molecule has 1 heterocycles. The molecule has 0 radical (unpaired) electrons. The molecule has 4 aromatic rings. The van der Waals surface area contributed by atoms with Gasteiger partial charge in [-0.15, -0.1) is 0 Å². The molecule has 1 aliphatic heterocycles. The number of ketones is 1. The standard InChI is InChI=1S/C34H32N2O4/c1-38-31-17-14-24(20-32(31)39-2)25-18-29-33(30(37)19-25)34(36-28-11-7-6-10-27(28)35-29)23-12-15-26(16-13-23)40-21-22-8-4-3-5-9-22/h3-17,20,25,34-36H,18-19,21H2,1-2H3. The molecule has 6 heteroatoms. The number of hydrogen-bond donors (Lipinski definition) is 2. The Balaban J connectivity index is 1.31. The van der Waals surface area contributed by atoms with E-state index in [1.807, 2.05) is 97.1 Å². The van der Waals surface area contributed by atoms with Crippen molar-refractivity contribution in [1.29, 1.82) is 0 Å². The number of nitrogens with one attached hydrogen (secondary N) is 2. The van der Waals surface area contributed by atoms with Crippen molar-refractivity contribution in [3.8, 4) is 17.2 Å². The summed E-state index contributed by atoms with van der Waals surface area (Å²) < 4.78 is 17.0. The average molecular weight is 533 g/mol. The van der Waals surface area contributed by atoms with E-state index in [0.29, 0.717) is 30.9 Å². The fourth-order valence-corrected chi connectivity index (χ4v) is 5.58. The van der Waals surface area contributed by atoms with Crippen molar-refractivity contribution in [1.82, 2.24) is 0 Å². The van der Waals surface area contributed by atoms with Gasteiger partial charge in [0.05, 0.1) is 31.6 Å². The third-order valence-electron chi connectivity index (χ3n) is 7.65. The average Bonchev–Trinajstić information content (AvgIpc) is 3.17. The molecule has 0 saturated heterocycles. The number of ether oxygens (including phenoxy) is 3. The SMILES string of the molecule is COc1ccc(C2CC(=O)C3=C(C2)Nc2ccccc2NC3c2ccc(OCc3ccccc3)cc2)cc1OC. The molecule has 0 saturated carbocycles. The second kappa shape index (κ2) is 11.2. The van der Waals surface area contributed by atoms with Crippen molar-refractivity contribution < 1.29 is 19.0 Å². The molecule has 2 unspecified atom stereocenters. The van der Waals surface area contributed by atoms with Crippen LogP contribution in [0.15, 0.2) is 108 Å². The second-order valence-corrected chi connectivity index (χ2v) is 10.1. The summed E-state index contributed by atoms with van der Waals surface area (Å²) >= 11 is 0. The molecule has 2 atom stereocenters. The summed E-state index contributed by atoms with van der Waals surface area (Å²) in [6.45, 7) is 0.504. The molecule has 6 nitrogen and oxygen atoms in total. The van der Waals surface area contributed by atoms with Crippen molar-refractivity contribution in [2.24, 2.45) is 0 Å². The first-order valence-corrected chi connectivity index (χ1v) is 13.5. The summed E-state index contributed by atoms with van der Waals surface area (Å²) in [6, 6.07) is 31.9. The van der Waals surface area contributed by atoms with E-state index in [1.54, 1.807) is 14.2 Å². The quantitative estimate of drug-likeness (QED) is 0.261. The zero-order valence-electron chi connectivity index (χ0n) is 22.6. The molecular weight excluding hydrogens is 500 g/mol. The van der Waals surface area contributed by atoms with Gasteiger partial charge >= 0.3 is 0 Å². The predicted octanol–water partition coefficient (Wildman–Crippen LogP) is 7.26. The van der Waals surface area contributed by atoms with Gasteiger partial charge in [0.25, 0.3) is 0 Å². The summed E-state index contributed by atoms with van der Waals surface area (Å²) in [5, 5.41) is 7.26. The number of anilines is 2. The van der Waals surface area contributed by atoms with Crippen LogP contribution in [0.3, 0.4) is 0 Å².